The van der Waals surface area contributed by atoms with Crippen LogP contribution in [0.1, 0.15) is 25.6 Å². The van der Waals surface area contributed by atoms with Gasteiger partial charge in [-0.15, -0.1) is 11.3 Å². The van der Waals surface area contributed by atoms with Crippen molar-refractivity contribution in [2.45, 2.75) is 0 Å². The summed E-state index contributed by atoms with van der Waals surface area (Å²) in [7, 11) is 0. The molecule has 0 radical (unpaired) electrons. The normalized spacial score (nSPS) is 14.0. The molecule has 2 N–H and O–H groups in total. The van der Waals surface area contributed by atoms with Crippen LogP contribution in [0.2, 0.25) is 0 Å². The van der Waals surface area contributed by atoms with Crippen molar-refractivity contribution < 1.29 is 9.59 Å². The second-order valence-corrected chi connectivity index (χ2v) is 6.76. The van der Waals surface area contributed by atoms with Crippen LogP contribution in [0.25, 0.3) is 15.6 Å². The van der Waals surface area contributed by atoms with E-state index in [4.69, 9.17) is 5.73 Å². The molecule has 0 spiro atoms. The third-order valence-corrected chi connectivity index (χ3v) is 5.25. The van der Waals surface area contributed by atoms with E-state index in [1.54, 1.807) is 30.3 Å². The van der Waals surface area contributed by atoms with E-state index in [1.165, 1.54) is 22.7 Å². The molecule has 0 saturated heterocycles. The van der Waals surface area contributed by atoms with Crippen LogP contribution in [0.5, 0.6) is 0 Å². The third kappa shape index (κ3) is 1.84. The topological polar surface area (TPSA) is 73.0 Å². The zero-order valence-corrected chi connectivity index (χ0v) is 12.3. The number of allylic oxidation sites excluding steroid dienone is 1. The fourth-order valence-electron chi connectivity index (χ4n) is 2.39. The first kappa shape index (κ1) is 12.4. The summed E-state index contributed by atoms with van der Waals surface area (Å²) in [4.78, 5) is 30.5. The van der Waals surface area contributed by atoms with Gasteiger partial charge in [0.1, 0.15) is 4.83 Å². The Balaban J connectivity index is 1.81. The first-order valence-electron chi connectivity index (χ1n) is 6.19. The number of Topliss-reactive ketones (excluding diaryl/α,β-unsaturated/α-hetero) is 2. The van der Waals surface area contributed by atoms with E-state index in [0.29, 0.717) is 16.3 Å². The molecule has 4 nitrogen and oxygen atoms in total. The van der Waals surface area contributed by atoms with Crippen molar-refractivity contribution in [2.75, 3.05) is 5.73 Å². The van der Waals surface area contributed by atoms with Crippen molar-refractivity contribution in [1.82, 2.24) is 4.98 Å². The predicted octanol–water partition coefficient (Wildman–Crippen LogP) is 3.40. The Hall–Kier alpha value is -2.31. The van der Waals surface area contributed by atoms with Crippen LogP contribution in [-0.4, -0.2) is 16.6 Å². The standard InChI is InChI=1S/C15H8N2O2S2/c16-15-17-14-11(21-15)6-7(20-14)5-10-12(18)8-3-1-2-4-9(8)13(10)19/h1-6H,(H2,16,17). The number of benzene rings is 1. The Bertz CT molecular complexity index is 881. The van der Waals surface area contributed by atoms with Crippen molar-refractivity contribution in [2.24, 2.45) is 0 Å². The van der Waals surface area contributed by atoms with Gasteiger partial charge in [-0.1, -0.05) is 35.6 Å². The lowest BCUT2D eigenvalue weighted by atomic mass is 10.1. The Morgan fingerprint density at radius 3 is 2.33 bits per heavy atom. The van der Waals surface area contributed by atoms with Gasteiger partial charge in [-0.2, -0.15) is 0 Å². The molecular formula is C15H8N2O2S2. The molecule has 0 atom stereocenters. The van der Waals surface area contributed by atoms with Gasteiger partial charge >= 0.3 is 0 Å². The number of carbonyl (C=O) groups excluding carboxylic acids is 2. The van der Waals surface area contributed by atoms with Gasteiger partial charge in [-0.3, -0.25) is 9.59 Å². The van der Waals surface area contributed by atoms with Crippen LogP contribution >= 0.6 is 22.7 Å². The minimum Gasteiger partial charge on any atom is -0.375 e. The van der Waals surface area contributed by atoms with Gasteiger partial charge < -0.3 is 5.73 Å². The fraction of sp³-hybridized carbons (Fsp3) is 0. The van der Waals surface area contributed by atoms with Crippen molar-refractivity contribution >= 4 is 55.0 Å². The quantitative estimate of drug-likeness (QED) is 0.552. The van der Waals surface area contributed by atoms with E-state index in [1.807, 2.05) is 6.07 Å². The van der Waals surface area contributed by atoms with Gasteiger partial charge in [-0.25, -0.2) is 4.98 Å². The largest absolute Gasteiger partial charge is 0.375 e. The number of nitrogens with two attached hydrogens (primary N) is 1. The molecule has 0 unspecified atom stereocenters. The molecule has 0 fully saturated rings. The molecule has 21 heavy (non-hydrogen) atoms. The number of thiazole rings is 1. The summed E-state index contributed by atoms with van der Waals surface area (Å²) in [6.07, 6.45) is 1.65. The molecule has 1 aliphatic rings. The van der Waals surface area contributed by atoms with Gasteiger partial charge in [0.25, 0.3) is 0 Å². The summed E-state index contributed by atoms with van der Waals surface area (Å²) < 4.78 is 0.972. The number of carbonyl (C=O) groups is 2. The number of aromatic nitrogens is 1. The number of hydrogen-bond acceptors (Lipinski definition) is 6. The second kappa shape index (κ2) is 4.34. The molecule has 0 saturated carbocycles. The Morgan fingerprint density at radius 2 is 1.71 bits per heavy atom. The molecule has 0 amide bonds. The summed E-state index contributed by atoms with van der Waals surface area (Å²) in [6.45, 7) is 0. The molecular weight excluding hydrogens is 304 g/mol. The highest BCUT2D eigenvalue weighted by Crippen LogP contribution is 2.34. The lowest BCUT2D eigenvalue weighted by Gasteiger charge is -1.91. The SMILES string of the molecule is Nc1nc2sc(C=C3C(=O)c4ccccc4C3=O)cc2s1. The van der Waals surface area contributed by atoms with Crippen LogP contribution in [0.3, 0.4) is 0 Å². The summed E-state index contributed by atoms with van der Waals surface area (Å²) in [6, 6.07) is 8.81. The zero-order valence-electron chi connectivity index (χ0n) is 10.6. The molecule has 2 heterocycles. The fourth-order valence-corrected chi connectivity index (χ4v) is 4.33. The Labute approximate surface area is 127 Å². The monoisotopic (exact) mass is 312 g/mol. The van der Waals surface area contributed by atoms with E-state index in [9.17, 15) is 9.59 Å². The van der Waals surface area contributed by atoms with Crippen LogP contribution in [0.15, 0.2) is 35.9 Å². The van der Waals surface area contributed by atoms with Crippen molar-refractivity contribution in [3.05, 3.63) is 51.9 Å². The molecule has 102 valence electrons. The third-order valence-electron chi connectivity index (χ3n) is 3.32. The van der Waals surface area contributed by atoms with E-state index in [0.717, 1.165) is 14.4 Å². The number of hydrogen-bond donors (Lipinski definition) is 1. The van der Waals surface area contributed by atoms with Gasteiger partial charge in [0, 0.05) is 16.0 Å². The minimum atomic E-state index is -0.208. The van der Waals surface area contributed by atoms with Gasteiger partial charge in [0.2, 0.25) is 0 Å². The first-order valence-corrected chi connectivity index (χ1v) is 7.83. The number of nitrogen functional groups attached to an aromatic ring is 1. The molecule has 3 aromatic rings. The maximum Gasteiger partial charge on any atom is 0.197 e. The second-order valence-electron chi connectivity index (χ2n) is 4.63. The lowest BCUT2D eigenvalue weighted by molar-refractivity contribution is 0.0990. The highest BCUT2D eigenvalue weighted by molar-refractivity contribution is 7.29. The number of fused-ring (bicyclic) bond motifs is 2. The van der Waals surface area contributed by atoms with Crippen LogP contribution in [-0.2, 0) is 0 Å². The van der Waals surface area contributed by atoms with Crippen LogP contribution in [0, 0.1) is 0 Å². The van der Waals surface area contributed by atoms with E-state index in [-0.39, 0.29) is 17.1 Å². The zero-order chi connectivity index (χ0) is 14.6. The van der Waals surface area contributed by atoms with E-state index >= 15 is 0 Å². The molecule has 4 rings (SSSR count). The van der Waals surface area contributed by atoms with E-state index < -0.39 is 0 Å². The van der Waals surface area contributed by atoms with Crippen molar-refractivity contribution in [3.63, 3.8) is 0 Å². The van der Waals surface area contributed by atoms with E-state index in [2.05, 4.69) is 4.98 Å². The van der Waals surface area contributed by atoms with Crippen molar-refractivity contribution in [1.29, 1.82) is 0 Å². The Morgan fingerprint density at radius 1 is 1.05 bits per heavy atom. The average Bonchev–Trinajstić information content (AvgIpc) is 3.06. The highest BCUT2D eigenvalue weighted by Gasteiger charge is 2.32. The number of anilines is 1. The molecule has 0 bridgehead atoms. The van der Waals surface area contributed by atoms with Gasteiger partial charge in [0.15, 0.2) is 16.7 Å². The summed E-state index contributed by atoms with van der Waals surface area (Å²) >= 11 is 2.82. The summed E-state index contributed by atoms with van der Waals surface area (Å²) in [5.74, 6) is -0.417. The number of thiophene rings is 1. The number of rotatable bonds is 1. The van der Waals surface area contributed by atoms with Crippen LogP contribution < -0.4 is 5.73 Å². The predicted molar refractivity (Wildman–Crippen MR) is 85.0 cm³/mol. The lowest BCUT2D eigenvalue weighted by Crippen LogP contribution is -1.99. The maximum absolute atomic E-state index is 12.3. The molecule has 0 aliphatic heterocycles. The average molecular weight is 312 g/mol. The van der Waals surface area contributed by atoms with Gasteiger partial charge in [-0.05, 0) is 12.1 Å². The molecule has 1 aromatic carbocycles. The Kier molecular flexibility index (Phi) is 2.57. The number of nitrogens with zero attached hydrogens (tertiary/aromatic N) is 1. The highest BCUT2D eigenvalue weighted by atomic mass is 32.1. The van der Waals surface area contributed by atoms with Gasteiger partial charge in [0.05, 0.1) is 10.3 Å². The first-order chi connectivity index (χ1) is 10.1. The van der Waals surface area contributed by atoms with Crippen LogP contribution in [0.4, 0.5) is 5.13 Å². The minimum absolute atomic E-state index is 0.208. The number of ketones is 2. The summed E-state index contributed by atoms with van der Waals surface area (Å²) in [5.41, 5.74) is 6.82. The molecule has 6 heteroatoms. The summed E-state index contributed by atoms with van der Waals surface area (Å²) in [5, 5.41) is 0.524. The van der Waals surface area contributed by atoms with Crippen molar-refractivity contribution in [3.8, 4) is 0 Å². The smallest absolute Gasteiger partial charge is 0.197 e. The molecule has 1 aliphatic carbocycles. The molecule has 2 aromatic heterocycles. The maximum atomic E-state index is 12.3.